The fourth-order valence-electron chi connectivity index (χ4n) is 6.45. The number of rotatable bonds is 9. The number of aryl methyl sites for hydroxylation is 4. The Balaban J connectivity index is 1.23. The van der Waals surface area contributed by atoms with Crippen LogP contribution < -0.4 is 5.32 Å². The lowest BCUT2D eigenvalue weighted by molar-refractivity contribution is -0.135. The van der Waals surface area contributed by atoms with Crippen molar-refractivity contribution in [1.82, 2.24) is 29.7 Å². The Bertz CT molecular complexity index is 1510. The van der Waals surface area contributed by atoms with Crippen LogP contribution in [0.25, 0.3) is 0 Å². The Kier molecular flexibility index (Phi) is 9.58. The summed E-state index contributed by atoms with van der Waals surface area (Å²) in [5.74, 6) is 0.163. The van der Waals surface area contributed by atoms with E-state index >= 15 is 0 Å². The number of benzene rings is 2. The number of amides is 1. The number of nitrogens with zero attached hydrogens (tertiary/aromatic N) is 5. The summed E-state index contributed by atoms with van der Waals surface area (Å²) in [5, 5.41) is 4.32. The van der Waals surface area contributed by atoms with Crippen LogP contribution in [0.5, 0.6) is 0 Å². The van der Waals surface area contributed by atoms with E-state index in [1.807, 2.05) is 31.6 Å². The third-order valence-corrected chi connectivity index (χ3v) is 9.26. The van der Waals surface area contributed by atoms with Crippen molar-refractivity contribution in [3.63, 3.8) is 0 Å². The summed E-state index contributed by atoms with van der Waals surface area (Å²) in [6, 6.07) is 18.5. The van der Waals surface area contributed by atoms with E-state index in [2.05, 4.69) is 89.3 Å². The van der Waals surface area contributed by atoms with Gasteiger partial charge in [0.1, 0.15) is 0 Å². The molecule has 224 valence electrons. The number of aromatic nitrogens is 3. The van der Waals surface area contributed by atoms with Crippen LogP contribution in [0.3, 0.4) is 0 Å². The molecule has 0 bridgehead atoms. The first-order chi connectivity index (χ1) is 20.9. The molecule has 3 heterocycles. The van der Waals surface area contributed by atoms with Crippen molar-refractivity contribution in [2.24, 2.45) is 0 Å². The van der Waals surface area contributed by atoms with Gasteiger partial charge in [-0.25, -0.2) is 4.98 Å². The molecule has 7 nitrogen and oxygen atoms in total. The van der Waals surface area contributed by atoms with Crippen LogP contribution in [0, 0.1) is 6.92 Å². The van der Waals surface area contributed by atoms with E-state index in [0.29, 0.717) is 19.6 Å². The lowest BCUT2D eigenvalue weighted by Gasteiger charge is -2.40. The highest BCUT2D eigenvalue weighted by molar-refractivity contribution is 9.10. The number of hydrogen-bond acceptors (Lipinski definition) is 5. The molecule has 2 aromatic carbocycles. The van der Waals surface area contributed by atoms with E-state index in [1.165, 1.54) is 22.3 Å². The molecule has 2 atom stereocenters. The van der Waals surface area contributed by atoms with Gasteiger partial charge in [-0.1, -0.05) is 48.0 Å². The highest BCUT2D eigenvalue weighted by atomic mass is 79.9. The predicted molar refractivity (Wildman–Crippen MR) is 174 cm³/mol. The molecule has 2 aliphatic rings. The fourth-order valence-corrected chi connectivity index (χ4v) is 7.03. The van der Waals surface area contributed by atoms with E-state index in [1.54, 1.807) is 0 Å². The smallest absolute Gasteiger partial charge is 0.241 e. The van der Waals surface area contributed by atoms with Crippen LogP contribution in [0.4, 0.5) is 0 Å². The summed E-state index contributed by atoms with van der Waals surface area (Å²) in [5.41, 5.74) is 7.07. The Morgan fingerprint density at radius 2 is 1.93 bits per heavy atom. The molecule has 4 aromatic rings. The monoisotopic (exact) mass is 660 g/mol. The molecular weight excluding hydrogens is 624 g/mol. The summed E-state index contributed by atoms with van der Waals surface area (Å²) in [4.78, 5) is 28.0. The Labute approximate surface area is 267 Å². The Morgan fingerprint density at radius 3 is 2.74 bits per heavy atom. The molecule has 1 amide bonds. The van der Waals surface area contributed by atoms with Gasteiger partial charge in [0.05, 0.1) is 29.8 Å². The molecule has 9 heteroatoms. The highest BCUT2D eigenvalue weighted by Gasteiger charge is 2.36. The van der Waals surface area contributed by atoms with Crippen LogP contribution in [0.1, 0.15) is 46.1 Å². The maximum atomic E-state index is 14.2. The summed E-state index contributed by atoms with van der Waals surface area (Å²) < 4.78 is 3.09. The normalized spacial score (nSPS) is 18.5. The Morgan fingerprint density at radius 1 is 1.09 bits per heavy atom. The lowest BCUT2D eigenvalue weighted by Crippen LogP contribution is -2.58. The van der Waals surface area contributed by atoms with Crippen LogP contribution in [-0.2, 0) is 30.6 Å². The molecule has 0 saturated carbocycles. The first-order valence-corrected chi connectivity index (χ1v) is 16.3. The largest absolute Gasteiger partial charge is 0.341 e. The van der Waals surface area contributed by atoms with Gasteiger partial charge in [-0.15, -0.1) is 0 Å². The van der Waals surface area contributed by atoms with Gasteiger partial charge in [0.15, 0.2) is 0 Å². The maximum absolute atomic E-state index is 14.2. The number of carbonyl (C=O) groups is 1. The second kappa shape index (κ2) is 13.7. The van der Waals surface area contributed by atoms with E-state index in [9.17, 15) is 4.79 Å². The van der Waals surface area contributed by atoms with Gasteiger partial charge in [0, 0.05) is 61.2 Å². The van der Waals surface area contributed by atoms with Gasteiger partial charge in [0.2, 0.25) is 5.91 Å². The van der Waals surface area contributed by atoms with Gasteiger partial charge in [0.25, 0.3) is 0 Å². The van der Waals surface area contributed by atoms with Gasteiger partial charge < -0.3 is 14.8 Å². The van der Waals surface area contributed by atoms with E-state index < -0.39 is 0 Å². The first-order valence-electron chi connectivity index (χ1n) is 15.2. The Hall–Kier alpha value is -3.04. The highest BCUT2D eigenvalue weighted by Crippen LogP contribution is 2.38. The minimum Gasteiger partial charge on any atom is -0.341 e. The zero-order valence-corrected chi connectivity index (χ0v) is 26.9. The van der Waals surface area contributed by atoms with E-state index in [-0.39, 0.29) is 18.0 Å². The first kappa shape index (κ1) is 30.0. The molecule has 1 saturated heterocycles. The molecule has 6 rings (SSSR count). The maximum Gasteiger partial charge on any atom is 0.241 e. The number of hydrogen-bond donors (Lipinski definition) is 1. The van der Waals surface area contributed by atoms with Crippen molar-refractivity contribution >= 4 is 33.4 Å². The second-order valence-electron chi connectivity index (χ2n) is 11.6. The number of nitrogens with one attached hydrogen (secondary N) is 1. The molecule has 1 fully saturated rings. The second-order valence-corrected chi connectivity index (χ2v) is 13.0. The van der Waals surface area contributed by atoms with Crippen LogP contribution in [-0.4, -0.2) is 69.0 Å². The number of piperazine rings is 1. The van der Waals surface area contributed by atoms with Crippen LogP contribution in [0.15, 0.2) is 77.8 Å². The quantitative estimate of drug-likeness (QED) is 0.252. The van der Waals surface area contributed by atoms with Gasteiger partial charge in [-0.05, 0) is 89.0 Å². The van der Waals surface area contributed by atoms with Crippen molar-refractivity contribution in [2.45, 2.75) is 51.2 Å². The molecule has 2 aromatic heterocycles. The van der Waals surface area contributed by atoms with Crippen LogP contribution in [0.2, 0.25) is 5.02 Å². The number of fused-ring (bicyclic) bond motifs is 2. The molecule has 1 unspecified atom stereocenters. The van der Waals surface area contributed by atoms with E-state index in [4.69, 9.17) is 16.6 Å². The SMILES string of the molecule is Cc1cn(CCCN(CCc2ccccc2)C(=O)[C@H]2CN(C3c4ccc(Cl)cc4CCc4cc(Br)cnc43)CCN2)cn1. The third-order valence-electron chi connectivity index (χ3n) is 8.59. The summed E-state index contributed by atoms with van der Waals surface area (Å²) in [6.45, 7) is 6.41. The molecule has 0 radical (unpaired) electrons. The molecule has 1 aliphatic heterocycles. The van der Waals surface area contributed by atoms with Crippen molar-refractivity contribution in [3.05, 3.63) is 116 Å². The van der Waals surface area contributed by atoms with Crippen molar-refractivity contribution in [2.75, 3.05) is 32.7 Å². The average molecular weight is 662 g/mol. The lowest BCUT2D eigenvalue weighted by atomic mass is 9.95. The summed E-state index contributed by atoms with van der Waals surface area (Å²) in [6.07, 6.45) is 9.34. The molecule has 43 heavy (non-hydrogen) atoms. The van der Waals surface area contributed by atoms with Gasteiger partial charge in [-0.3, -0.25) is 14.7 Å². The number of halogens is 2. The average Bonchev–Trinajstić information content (AvgIpc) is 3.37. The predicted octanol–water partition coefficient (Wildman–Crippen LogP) is 5.63. The standard InChI is InChI=1S/C34H38BrClN6O/c1-24-21-40(23-39-24)14-5-15-41(16-12-25-6-3-2-4-7-25)34(43)31-22-42(17-13-37-31)33-30-11-10-29(36)19-26(30)8-9-27-18-28(35)20-38-32(27)33/h2-4,6-7,10-11,18-21,23,31,33,37H,5,8-9,12-17,22H2,1H3/t31-,33?/m1/s1. The third kappa shape index (κ3) is 7.20. The molecule has 1 aliphatic carbocycles. The van der Waals surface area contributed by atoms with Crippen LogP contribution >= 0.6 is 27.5 Å². The molecular formula is C34H38BrClN6O. The van der Waals surface area contributed by atoms with E-state index in [0.717, 1.165) is 66.2 Å². The van der Waals surface area contributed by atoms with Gasteiger partial charge in [-0.2, -0.15) is 0 Å². The topological polar surface area (TPSA) is 66.3 Å². The summed E-state index contributed by atoms with van der Waals surface area (Å²) >= 11 is 10.1. The number of pyridine rings is 1. The number of imidazole rings is 1. The molecule has 0 spiro atoms. The summed E-state index contributed by atoms with van der Waals surface area (Å²) in [7, 11) is 0. The molecule has 1 N–H and O–H groups in total. The minimum absolute atomic E-state index is 0.0301. The number of carbonyl (C=O) groups excluding carboxylic acids is 1. The zero-order valence-electron chi connectivity index (χ0n) is 24.6. The van der Waals surface area contributed by atoms with Crippen molar-refractivity contribution < 1.29 is 4.79 Å². The van der Waals surface area contributed by atoms with Gasteiger partial charge >= 0.3 is 0 Å². The zero-order chi connectivity index (χ0) is 29.8. The minimum atomic E-state index is -0.294. The fraction of sp³-hybridized carbons (Fsp3) is 0.382. The van der Waals surface area contributed by atoms with Crippen molar-refractivity contribution in [3.8, 4) is 0 Å². The van der Waals surface area contributed by atoms with Crippen molar-refractivity contribution in [1.29, 1.82) is 0 Å².